The van der Waals surface area contributed by atoms with Crippen LogP contribution in [0.5, 0.6) is 0 Å². The molecule has 0 bridgehead atoms. The summed E-state index contributed by atoms with van der Waals surface area (Å²) in [6, 6.07) is 24.5. The van der Waals surface area contributed by atoms with Crippen LogP contribution in [0, 0.1) is 0 Å². The molecule has 0 saturated heterocycles. The van der Waals surface area contributed by atoms with Crippen LogP contribution in [0.15, 0.2) is 78.9 Å². The highest BCUT2D eigenvalue weighted by molar-refractivity contribution is 7.20. The molecule has 6 heteroatoms. The Bertz CT molecular complexity index is 1150. The number of anilines is 1. The first kappa shape index (κ1) is 17.9. The maximum atomic E-state index is 12.6. The Balaban J connectivity index is 1.52. The topological polar surface area (TPSA) is 78.4 Å². The number of nitrogens with one attached hydrogen (secondary N) is 2. The number of hydrogen-bond acceptors (Lipinski definition) is 4. The number of hydroxylamine groups is 1. The summed E-state index contributed by atoms with van der Waals surface area (Å²) in [5.41, 5.74) is 4.97. The Morgan fingerprint density at radius 2 is 1.50 bits per heavy atom. The van der Waals surface area contributed by atoms with E-state index in [4.69, 9.17) is 5.21 Å². The van der Waals surface area contributed by atoms with E-state index >= 15 is 0 Å². The number of amides is 2. The summed E-state index contributed by atoms with van der Waals surface area (Å²) in [6.07, 6.45) is 0. The molecule has 2 amide bonds. The Hall–Kier alpha value is -3.48. The van der Waals surface area contributed by atoms with E-state index in [0.717, 1.165) is 21.2 Å². The van der Waals surface area contributed by atoms with Crippen LogP contribution in [0.4, 0.5) is 5.69 Å². The van der Waals surface area contributed by atoms with E-state index in [1.807, 2.05) is 48.5 Å². The minimum atomic E-state index is -0.551. The third kappa shape index (κ3) is 3.64. The maximum absolute atomic E-state index is 12.6. The minimum absolute atomic E-state index is 0.206. The third-order valence-electron chi connectivity index (χ3n) is 4.35. The van der Waals surface area contributed by atoms with Gasteiger partial charge in [-0.3, -0.25) is 14.8 Å². The predicted octanol–water partition coefficient (Wildman–Crippen LogP) is 4.94. The van der Waals surface area contributed by atoms with Gasteiger partial charge in [-0.25, -0.2) is 5.48 Å². The minimum Gasteiger partial charge on any atom is -0.322 e. The van der Waals surface area contributed by atoms with Gasteiger partial charge in [0.05, 0.1) is 4.88 Å². The second kappa shape index (κ2) is 7.64. The molecular weight excluding hydrogens is 372 g/mol. The van der Waals surface area contributed by atoms with Crippen LogP contribution in [0.25, 0.3) is 21.2 Å². The molecule has 0 aliphatic rings. The van der Waals surface area contributed by atoms with Crippen molar-refractivity contribution < 1.29 is 14.8 Å². The molecule has 0 radical (unpaired) electrons. The molecule has 1 aromatic heterocycles. The van der Waals surface area contributed by atoms with E-state index in [-0.39, 0.29) is 5.91 Å². The van der Waals surface area contributed by atoms with Crippen molar-refractivity contribution >= 4 is 38.9 Å². The van der Waals surface area contributed by atoms with E-state index in [9.17, 15) is 9.59 Å². The predicted molar refractivity (Wildman–Crippen MR) is 111 cm³/mol. The van der Waals surface area contributed by atoms with Crippen molar-refractivity contribution in [2.24, 2.45) is 0 Å². The highest BCUT2D eigenvalue weighted by Gasteiger charge is 2.11. The molecule has 4 rings (SSSR count). The van der Waals surface area contributed by atoms with Gasteiger partial charge in [0.2, 0.25) is 0 Å². The number of carbonyl (C=O) groups excluding carboxylic acids is 2. The van der Waals surface area contributed by atoms with Gasteiger partial charge in [-0.2, -0.15) is 0 Å². The Morgan fingerprint density at radius 1 is 0.786 bits per heavy atom. The molecule has 0 saturated carbocycles. The van der Waals surface area contributed by atoms with Crippen molar-refractivity contribution in [2.75, 3.05) is 5.32 Å². The van der Waals surface area contributed by atoms with Gasteiger partial charge in [0.1, 0.15) is 0 Å². The monoisotopic (exact) mass is 388 g/mol. The number of rotatable bonds is 4. The summed E-state index contributed by atoms with van der Waals surface area (Å²) in [7, 11) is 0. The quantitative estimate of drug-likeness (QED) is 0.342. The van der Waals surface area contributed by atoms with E-state index < -0.39 is 5.91 Å². The molecule has 0 aliphatic heterocycles. The first-order chi connectivity index (χ1) is 13.6. The zero-order valence-electron chi connectivity index (χ0n) is 14.7. The fourth-order valence-corrected chi connectivity index (χ4v) is 3.87. The number of fused-ring (bicyclic) bond motifs is 1. The summed E-state index contributed by atoms with van der Waals surface area (Å²) in [4.78, 5) is 24.5. The highest BCUT2D eigenvalue weighted by Crippen LogP contribution is 2.28. The average molecular weight is 388 g/mol. The Labute approximate surface area is 165 Å². The average Bonchev–Trinajstić information content (AvgIpc) is 3.17. The van der Waals surface area contributed by atoms with Crippen LogP contribution in [0.2, 0.25) is 0 Å². The van der Waals surface area contributed by atoms with E-state index in [0.29, 0.717) is 16.1 Å². The second-order valence-electron chi connectivity index (χ2n) is 6.20. The van der Waals surface area contributed by atoms with E-state index in [1.165, 1.54) is 11.3 Å². The highest BCUT2D eigenvalue weighted by atomic mass is 32.1. The zero-order valence-corrected chi connectivity index (χ0v) is 15.5. The van der Waals surface area contributed by atoms with Gasteiger partial charge in [-0.05, 0) is 52.9 Å². The molecule has 0 atom stereocenters. The Kier molecular flexibility index (Phi) is 4.89. The first-order valence-corrected chi connectivity index (χ1v) is 9.40. The molecular formula is C22H16N2O3S. The van der Waals surface area contributed by atoms with Crippen LogP contribution in [0.3, 0.4) is 0 Å². The van der Waals surface area contributed by atoms with Crippen LogP contribution < -0.4 is 10.8 Å². The molecule has 3 N–H and O–H groups in total. The lowest BCUT2D eigenvalue weighted by molar-refractivity contribution is 0.0711. The Morgan fingerprint density at radius 3 is 2.21 bits per heavy atom. The van der Waals surface area contributed by atoms with Crippen molar-refractivity contribution in [3.63, 3.8) is 0 Å². The summed E-state index contributed by atoms with van der Waals surface area (Å²) in [6.45, 7) is 0. The summed E-state index contributed by atoms with van der Waals surface area (Å²) in [5, 5.41) is 12.5. The van der Waals surface area contributed by atoms with Gasteiger partial charge in [0.15, 0.2) is 0 Å². The second-order valence-corrected chi connectivity index (χ2v) is 7.29. The molecule has 28 heavy (non-hydrogen) atoms. The lowest BCUT2D eigenvalue weighted by atomic mass is 10.0. The zero-order chi connectivity index (χ0) is 19.5. The van der Waals surface area contributed by atoms with Crippen molar-refractivity contribution in [2.45, 2.75) is 0 Å². The van der Waals surface area contributed by atoms with Crippen molar-refractivity contribution in [1.82, 2.24) is 5.48 Å². The van der Waals surface area contributed by atoms with Crippen molar-refractivity contribution in [3.8, 4) is 11.1 Å². The standard InChI is InChI=1S/C22H16N2O3S/c25-21(16-8-6-15(7-9-16)14-4-2-1-3-5-14)23-18-10-11-19-17(12-18)13-20(28-19)22(26)24-27/h1-13,27H,(H,23,25)(H,24,26). The van der Waals surface area contributed by atoms with Gasteiger partial charge in [-0.1, -0.05) is 42.5 Å². The van der Waals surface area contributed by atoms with Gasteiger partial charge >= 0.3 is 0 Å². The van der Waals surface area contributed by atoms with Crippen LogP contribution in [-0.2, 0) is 0 Å². The number of thiophene rings is 1. The SMILES string of the molecule is O=C(Nc1ccc2sc(C(=O)NO)cc2c1)c1ccc(-c2ccccc2)cc1. The molecule has 0 unspecified atom stereocenters. The van der Waals surface area contributed by atoms with E-state index in [2.05, 4.69) is 5.32 Å². The van der Waals surface area contributed by atoms with Crippen molar-refractivity contribution in [3.05, 3.63) is 89.3 Å². The summed E-state index contributed by atoms with van der Waals surface area (Å²) < 4.78 is 0.892. The number of benzene rings is 3. The van der Waals surface area contributed by atoms with Gasteiger partial charge < -0.3 is 5.32 Å². The molecule has 5 nitrogen and oxygen atoms in total. The van der Waals surface area contributed by atoms with E-state index in [1.54, 1.807) is 35.8 Å². The largest absolute Gasteiger partial charge is 0.322 e. The molecule has 4 aromatic rings. The van der Waals surface area contributed by atoms with Gasteiger partial charge in [-0.15, -0.1) is 11.3 Å². The molecule has 138 valence electrons. The fraction of sp³-hybridized carbons (Fsp3) is 0. The summed E-state index contributed by atoms with van der Waals surface area (Å²) in [5.74, 6) is -0.757. The third-order valence-corrected chi connectivity index (χ3v) is 5.47. The van der Waals surface area contributed by atoms with Crippen LogP contribution in [0.1, 0.15) is 20.0 Å². The lowest BCUT2D eigenvalue weighted by Crippen LogP contribution is -2.16. The fourth-order valence-electron chi connectivity index (χ4n) is 2.94. The molecule has 0 spiro atoms. The normalized spacial score (nSPS) is 10.6. The summed E-state index contributed by atoms with van der Waals surface area (Å²) >= 11 is 1.27. The smallest absolute Gasteiger partial charge is 0.284 e. The molecule has 0 fully saturated rings. The molecule has 0 aliphatic carbocycles. The molecule has 3 aromatic carbocycles. The molecule has 1 heterocycles. The lowest BCUT2D eigenvalue weighted by Gasteiger charge is -2.07. The van der Waals surface area contributed by atoms with Gasteiger partial charge in [0, 0.05) is 16.0 Å². The van der Waals surface area contributed by atoms with Crippen LogP contribution >= 0.6 is 11.3 Å². The first-order valence-electron chi connectivity index (χ1n) is 8.59. The number of hydrogen-bond donors (Lipinski definition) is 3. The van der Waals surface area contributed by atoms with Crippen LogP contribution in [-0.4, -0.2) is 17.0 Å². The number of carbonyl (C=O) groups is 2. The maximum Gasteiger partial charge on any atom is 0.284 e. The van der Waals surface area contributed by atoms with Crippen molar-refractivity contribution in [1.29, 1.82) is 0 Å². The van der Waals surface area contributed by atoms with Gasteiger partial charge in [0.25, 0.3) is 11.8 Å².